The minimum Gasteiger partial charge on any atom is -0.394 e. The third-order valence-electron chi connectivity index (χ3n) is 4.93. The van der Waals surface area contributed by atoms with Gasteiger partial charge in [0.05, 0.1) is 12.1 Å². The van der Waals surface area contributed by atoms with Crippen molar-refractivity contribution in [3.8, 4) is 0 Å². The Morgan fingerprint density at radius 2 is 2.32 bits per heavy atom. The highest BCUT2D eigenvalue weighted by atomic mass is 16.5. The van der Waals surface area contributed by atoms with E-state index in [-0.39, 0.29) is 30.4 Å². The lowest BCUT2D eigenvalue weighted by Gasteiger charge is -2.40. The zero-order valence-electron chi connectivity index (χ0n) is 12.9. The molecule has 3 atom stereocenters. The van der Waals surface area contributed by atoms with Gasteiger partial charge in [-0.1, -0.05) is 5.16 Å². The van der Waals surface area contributed by atoms with Gasteiger partial charge in [-0.3, -0.25) is 9.59 Å². The van der Waals surface area contributed by atoms with Crippen LogP contribution in [0.25, 0.3) is 0 Å². The Bertz CT molecular complexity index is 573. The molecular formula is C15H21N3O4. The number of carbonyl (C=O) groups excluding carboxylic acids is 2. The molecule has 0 bridgehead atoms. The number of hydrogen-bond acceptors (Lipinski definition) is 5. The van der Waals surface area contributed by atoms with Gasteiger partial charge in [0.2, 0.25) is 5.91 Å². The molecule has 0 radical (unpaired) electrons. The number of likely N-dealkylation sites (tertiary alicyclic amines) is 2. The number of piperidine rings is 1. The van der Waals surface area contributed by atoms with Crippen LogP contribution in [-0.2, 0) is 4.79 Å². The molecule has 7 heteroatoms. The zero-order chi connectivity index (χ0) is 15.9. The molecule has 1 aromatic rings. The zero-order valence-corrected chi connectivity index (χ0v) is 12.9. The Balaban J connectivity index is 1.77. The Morgan fingerprint density at radius 1 is 1.55 bits per heavy atom. The maximum atomic E-state index is 12.4. The minimum atomic E-state index is -0.534. The third-order valence-corrected chi connectivity index (χ3v) is 4.93. The van der Waals surface area contributed by atoms with Crippen LogP contribution < -0.4 is 0 Å². The first-order valence-electron chi connectivity index (χ1n) is 7.57. The number of amides is 2. The van der Waals surface area contributed by atoms with Gasteiger partial charge in [-0.05, 0) is 25.7 Å². The lowest BCUT2D eigenvalue weighted by atomic mass is 9.89. The molecule has 1 aromatic heterocycles. The Kier molecular flexibility index (Phi) is 3.68. The van der Waals surface area contributed by atoms with Gasteiger partial charge < -0.3 is 19.4 Å². The van der Waals surface area contributed by atoms with E-state index in [4.69, 9.17) is 4.52 Å². The summed E-state index contributed by atoms with van der Waals surface area (Å²) in [6.07, 6.45) is 2.82. The van der Waals surface area contributed by atoms with Gasteiger partial charge in [0, 0.05) is 32.1 Å². The smallest absolute Gasteiger partial charge is 0.276 e. The van der Waals surface area contributed by atoms with Crippen LogP contribution in [0.2, 0.25) is 0 Å². The van der Waals surface area contributed by atoms with Crippen molar-refractivity contribution in [3.63, 3.8) is 0 Å². The van der Waals surface area contributed by atoms with Crippen molar-refractivity contribution in [2.75, 3.05) is 19.7 Å². The van der Waals surface area contributed by atoms with E-state index in [0.29, 0.717) is 25.2 Å². The molecule has 0 unspecified atom stereocenters. The Morgan fingerprint density at radius 3 is 2.91 bits per heavy atom. The summed E-state index contributed by atoms with van der Waals surface area (Å²) in [7, 11) is 0. The van der Waals surface area contributed by atoms with Crippen molar-refractivity contribution < 1.29 is 19.2 Å². The molecule has 2 fully saturated rings. The first-order chi connectivity index (χ1) is 10.5. The van der Waals surface area contributed by atoms with Gasteiger partial charge in [0.25, 0.3) is 5.91 Å². The SMILES string of the molecule is CC(=O)N1[C@H]2CCN(C(=O)c3ccon3)C[C@@H]2C[C@]1(C)CO. The molecule has 0 saturated carbocycles. The van der Waals surface area contributed by atoms with Crippen LogP contribution in [0.5, 0.6) is 0 Å². The summed E-state index contributed by atoms with van der Waals surface area (Å²) >= 11 is 0. The number of carbonyl (C=O) groups is 2. The van der Waals surface area contributed by atoms with E-state index < -0.39 is 5.54 Å². The summed E-state index contributed by atoms with van der Waals surface area (Å²) in [6, 6.07) is 1.65. The summed E-state index contributed by atoms with van der Waals surface area (Å²) in [4.78, 5) is 27.9. The molecule has 0 aromatic carbocycles. The fourth-order valence-electron chi connectivity index (χ4n) is 4.05. The number of aliphatic hydroxyl groups is 1. The van der Waals surface area contributed by atoms with Gasteiger partial charge in [-0.2, -0.15) is 0 Å². The van der Waals surface area contributed by atoms with E-state index in [2.05, 4.69) is 5.16 Å². The minimum absolute atomic E-state index is 0.0136. The van der Waals surface area contributed by atoms with Crippen LogP contribution in [-0.4, -0.2) is 63.2 Å². The highest BCUT2D eigenvalue weighted by molar-refractivity contribution is 5.92. The largest absolute Gasteiger partial charge is 0.394 e. The third kappa shape index (κ3) is 2.29. The molecule has 0 aliphatic carbocycles. The quantitative estimate of drug-likeness (QED) is 0.860. The molecule has 120 valence electrons. The number of hydrogen-bond donors (Lipinski definition) is 1. The molecule has 3 rings (SSSR count). The van der Waals surface area contributed by atoms with Crippen molar-refractivity contribution in [3.05, 3.63) is 18.0 Å². The topological polar surface area (TPSA) is 86.9 Å². The number of nitrogens with zero attached hydrogens (tertiary/aromatic N) is 3. The second-order valence-corrected chi connectivity index (χ2v) is 6.50. The Hall–Kier alpha value is -1.89. The molecule has 2 aliphatic rings. The fourth-order valence-corrected chi connectivity index (χ4v) is 4.05. The summed E-state index contributed by atoms with van der Waals surface area (Å²) in [5.41, 5.74) is -0.224. The highest BCUT2D eigenvalue weighted by Crippen LogP contribution is 2.42. The molecule has 1 N–H and O–H groups in total. The second kappa shape index (κ2) is 5.39. The lowest BCUT2D eigenvalue weighted by molar-refractivity contribution is -0.137. The van der Waals surface area contributed by atoms with Gasteiger partial charge >= 0.3 is 0 Å². The summed E-state index contributed by atoms with van der Waals surface area (Å²) < 4.78 is 4.73. The van der Waals surface area contributed by atoms with Crippen LogP contribution in [0.4, 0.5) is 0 Å². The normalized spacial score (nSPS) is 31.2. The van der Waals surface area contributed by atoms with E-state index in [9.17, 15) is 14.7 Å². The predicted molar refractivity (Wildman–Crippen MR) is 76.9 cm³/mol. The summed E-state index contributed by atoms with van der Waals surface area (Å²) in [5, 5.41) is 13.4. The number of aliphatic hydroxyl groups excluding tert-OH is 1. The van der Waals surface area contributed by atoms with Crippen molar-refractivity contribution in [2.45, 2.75) is 38.3 Å². The molecule has 22 heavy (non-hydrogen) atoms. The fraction of sp³-hybridized carbons (Fsp3) is 0.667. The average molecular weight is 307 g/mol. The van der Waals surface area contributed by atoms with Gasteiger partial charge in [0.1, 0.15) is 6.26 Å². The summed E-state index contributed by atoms with van der Waals surface area (Å²) in [6.45, 7) is 4.56. The second-order valence-electron chi connectivity index (χ2n) is 6.50. The molecule has 2 saturated heterocycles. The average Bonchev–Trinajstić information content (AvgIpc) is 3.10. The van der Waals surface area contributed by atoms with Crippen LogP contribution in [0.1, 0.15) is 37.2 Å². The highest BCUT2D eigenvalue weighted by Gasteiger charge is 2.51. The maximum absolute atomic E-state index is 12.4. The first-order valence-corrected chi connectivity index (χ1v) is 7.57. The van der Waals surface area contributed by atoms with E-state index >= 15 is 0 Å². The predicted octanol–water partition coefficient (Wildman–Crippen LogP) is 0.509. The van der Waals surface area contributed by atoms with Crippen molar-refractivity contribution in [1.29, 1.82) is 0 Å². The molecule has 2 aliphatic heterocycles. The first kappa shape index (κ1) is 15.0. The molecular weight excluding hydrogens is 286 g/mol. The lowest BCUT2D eigenvalue weighted by Crippen LogP contribution is -2.53. The molecule has 7 nitrogen and oxygen atoms in total. The monoisotopic (exact) mass is 307 g/mol. The van der Waals surface area contributed by atoms with Crippen LogP contribution in [0.15, 0.2) is 16.9 Å². The Labute approximate surface area is 128 Å². The van der Waals surface area contributed by atoms with E-state index in [1.807, 2.05) is 11.8 Å². The summed E-state index contributed by atoms with van der Waals surface area (Å²) in [5.74, 6) is 0.0326. The van der Waals surface area contributed by atoms with Gasteiger partial charge in [-0.15, -0.1) is 0 Å². The molecule has 3 heterocycles. The van der Waals surface area contributed by atoms with E-state index in [0.717, 1.165) is 6.42 Å². The number of aromatic nitrogens is 1. The van der Waals surface area contributed by atoms with Crippen LogP contribution in [0, 0.1) is 5.92 Å². The van der Waals surface area contributed by atoms with Gasteiger partial charge in [0.15, 0.2) is 5.69 Å². The standard InChI is InChI=1S/C15H21N3O4/c1-10(20)18-13-3-5-17(14(21)12-4-6-22-16-12)8-11(13)7-15(18,2)9-19/h4,6,11,13,19H,3,5,7-9H2,1-2H3/t11-,13-,15+/m0/s1. The van der Waals surface area contributed by atoms with E-state index in [1.54, 1.807) is 17.9 Å². The van der Waals surface area contributed by atoms with Crippen LogP contribution in [0.3, 0.4) is 0 Å². The van der Waals surface area contributed by atoms with Crippen LogP contribution >= 0.6 is 0 Å². The van der Waals surface area contributed by atoms with Crippen molar-refractivity contribution >= 4 is 11.8 Å². The van der Waals surface area contributed by atoms with E-state index in [1.165, 1.54) is 6.26 Å². The maximum Gasteiger partial charge on any atom is 0.276 e. The number of fused-ring (bicyclic) bond motifs is 1. The number of rotatable bonds is 2. The van der Waals surface area contributed by atoms with Crippen molar-refractivity contribution in [2.24, 2.45) is 5.92 Å². The molecule has 0 spiro atoms. The van der Waals surface area contributed by atoms with Crippen molar-refractivity contribution in [1.82, 2.24) is 15.0 Å². The molecule has 2 amide bonds. The van der Waals surface area contributed by atoms with Gasteiger partial charge in [-0.25, -0.2) is 0 Å².